The van der Waals surface area contributed by atoms with Gasteiger partial charge in [0.25, 0.3) is 5.91 Å². The lowest BCUT2D eigenvalue weighted by molar-refractivity contribution is -0.122. The number of anilines is 1. The zero-order chi connectivity index (χ0) is 19.3. The van der Waals surface area contributed by atoms with Gasteiger partial charge in [0.15, 0.2) is 0 Å². The summed E-state index contributed by atoms with van der Waals surface area (Å²) >= 11 is 5.95. The molecular weight excluding hydrogens is 376 g/mol. The van der Waals surface area contributed by atoms with Gasteiger partial charge >= 0.3 is 0 Å². The maximum absolute atomic E-state index is 13.5. The summed E-state index contributed by atoms with van der Waals surface area (Å²) < 4.78 is 6.23. The molecule has 0 unspecified atom stereocenters. The van der Waals surface area contributed by atoms with Crippen LogP contribution in [0, 0.1) is 5.92 Å². The SMILES string of the molecule is O=C1[C@@H]2C[C@@H](CN2C(=O)c2ccc(Cl)cc2)Oc2ccccc2N1CC1CC1. The molecule has 6 heteroatoms. The molecule has 1 saturated heterocycles. The van der Waals surface area contributed by atoms with E-state index in [0.29, 0.717) is 36.0 Å². The molecule has 2 atom stereocenters. The number of para-hydroxylation sites is 2. The summed E-state index contributed by atoms with van der Waals surface area (Å²) in [4.78, 5) is 30.2. The van der Waals surface area contributed by atoms with Gasteiger partial charge in [-0.1, -0.05) is 23.7 Å². The minimum atomic E-state index is -0.500. The van der Waals surface area contributed by atoms with E-state index in [4.69, 9.17) is 16.3 Å². The van der Waals surface area contributed by atoms with Gasteiger partial charge in [-0.05, 0) is 55.2 Å². The van der Waals surface area contributed by atoms with Crippen molar-refractivity contribution in [2.24, 2.45) is 5.92 Å². The summed E-state index contributed by atoms with van der Waals surface area (Å²) in [6, 6.07) is 14.0. The Balaban J connectivity index is 1.49. The van der Waals surface area contributed by atoms with E-state index >= 15 is 0 Å². The fraction of sp³-hybridized carbons (Fsp3) is 0.364. The average molecular weight is 397 g/mol. The lowest BCUT2D eigenvalue weighted by Gasteiger charge is -2.31. The molecule has 5 rings (SSSR count). The second kappa shape index (κ2) is 6.82. The molecule has 144 valence electrons. The van der Waals surface area contributed by atoms with Crippen molar-refractivity contribution in [3.05, 3.63) is 59.1 Å². The molecule has 2 bridgehead atoms. The van der Waals surface area contributed by atoms with Gasteiger partial charge in [0.1, 0.15) is 17.9 Å². The number of carbonyl (C=O) groups is 2. The normalized spacial score (nSPS) is 23.7. The van der Waals surface area contributed by atoms with Crippen LogP contribution < -0.4 is 9.64 Å². The zero-order valence-electron chi connectivity index (χ0n) is 15.4. The van der Waals surface area contributed by atoms with Crippen LogP contribution in [-0.2, 0) is 4.79 Å². The molecule has 2 fully saturated rings. The van der Waals surface area contributed by atoms with Crippen molar-refractivity contribution in [3.8, 4) is 5.75 Å². The Hall–Kier alpha value is -2.53. The number of carbonyl (C=O) groups excluding carboxylic acids is 2. The molecular formula is C22H21ClN2O3. The standard InChI is InChI=1S/C22H21ClN2O3/c23-16-9-7-15(8-10-16)21(26)25-13-17-11-19(25)22(27)24(12-14-5-6-14)18-3-1-2-4-20(18)28-17/h1-4,7-10,14,17,19H,5-6,11-13H2/t17-,19-/m0/s1. The Morgan fingerprint density at radius 1 is 1.11 bits per heavy atom. The summed E-state index contributed by atoms with van der Waals surface area (Å²) in [7, 11) is 0. The van der Waals surface area contributed by atoms with Crippen LogP contribution in [0.3, 0.4) is 0 Å². The minimum absolute atomic E-state index is 0.00698. The number of nitrogens with zero attached hydrogens (tertiary/aromatic N) is 2. The Morgan fingerprint density at radius 2 is 1.86 bits per heavy atom. The average Bonchev–Trinajstić information content (AvgIpc) is 3.42. The predicted molar refractivity (Wildman–Crippen MR) is 107 cm³/mol. The van der Waals surface area contributed by atoms with Crippen molar-refractivity contribution in [1.29, 1.82) is 0 Å². The largest absolute Gasteiger partial charge is 0.486 e. The molecule has 1 aliphatic carbocycles. The van der Waals surface area contributed by atoms with Crippen LogP contribution in [0.4, 0.5) is 5.69 Å². The Bertz CT molecular complexity index is 926. The lowest BCUT2D eigenvalue weighted by Crippen LogP contribution is -2.48. The maximum Gasteiger partial charge on any atom is 0.254 e. The molecule has 2 aromatic rings. The Kier molecular flexibility index (Phi) is 4.27. The number of ether oxygens (including phenoxy) is 1. The van der Waals surface area contributed by atoms with Crippen molar-refractivity contribution in [3.63, 3.8) is 0 Å². The van der Waals surface area contributed by atoms with E-state index < -0.39 is 6.04 Å². The zero-order valence-corrected chi connectivity index (χ0v) is 16.1. The molecule has 1 saturated carbocycles. The van der Waals surface area contributed by atoms with E-state index in [2.05, 4.69) is 0 Å². The fourth-order valence-corrected chi connectivity index (χ4v) is 4.23. The molecule has 0 spiro atoms. The minimum Gasteiger partial charge on any atom is -0.486 e. The van der Waals surface area contributed by atoms with E-state index in [0.717, 1.165) is 24.3 Å². The number of fused-ring (bicyclic) bond motifs is 3. The van der Waals surface area contributed by atoms with Gasteiger partial charge in [0.05, 0.1) is 12.2 Å². The molecule has 28 heavy (non-hydrogen) atoms. The molecule has 2 heterocycles. The number of benzene rings is 2. The number of rotatable bonds is 3. The summed E-state index contributed by atoms with van der Waals surface area (Å²) in [6.45, 7) is 1.09. The highest BCUT2D eigenvalue weighted by atomic mass is 35.5. The first kappa shape index (κ1) is 17.6. The highest BCUT2D eigenvalue weighted by Crippen LogP contribution is 2.39. The van der Waals surface area contributed by atoms with Crippen LogP contribution in [0.1, 0.15) is 29.6 Å². The predicted octanol–water partition coefficient (Wildman–Crippen LogP) is 3.76. The fourth-order valence-electron chi connectivity index (χ4n) is 4.10. The second-order valence-corrected chi connectivity index (χ2v) is 8.25. The first-order valence-electron chi connectivity index (χ1n) is 9.74. The van der Waals surface area contributed by atoms with Crippen LogP contribution in [0.2, 0.25) is 5.02 Å². The molecule has 0 radical (unpaired) electrons. The van der Waals surface area contributed by atoms with E-state index in [9.17, 15) is 9.59 Å². The summed E-state index contributed by atoms with van der Waals surface area (Å²) in [5.74, 6) is 1.10. The van der Waals surface area contributed by atoms with E-state index in [1.807, 2.05) is 29.2 Å². The smallest absolute Gasteiger partial charge is 0.254 e. The molecule has 0 aromatic heterocycles. The first-order chi connectivity index (χ1) is 13.6. The van der Waals surface area contributed by atoms with Crippen LogP contribution in [0.5, 0.6) is 5.75 Å². The molecule has 5 nitrogen and oxygen atoms in total. The van der Waals surface area contributed by atoms with Crippen LogP contribution in [0.15, 0.2) is 48.5 Å². The van der Waals surface area contributed by atoms with E-state index in [1.54, 1.807) is 29.2 Å². The summed E-state index contributed by atoms with van der Waals surface area (Å²) in [6.07, 6.45) is 2.63. The Morgan fingerprint density at radius 3 is 2.61 bits per heavy atom. The summed E-state index contributed by atoms with van der Waals surface area (Å²) in [5, 5.41) is 0.579. The summed E-state index contributed by atoms with van der Waals surface area (Å²) in [5.41, 5.74) is 1.35. The van der Waals surface area contributed by atoms with Gasteiger partial charge in [0.2, 0.25) is 5.91 Å². The maximum atomic E-state index is 13.5. The third kappa shape index (κ3) is 3.14. The van der Waals surface area contributed by atoms with Crippen molar-refractivity contribution < 1.29 is 14.3 Å². The number of hydrogen-bond acceptors (Lipinski definition) is 3. The molecule has 2 amide bonds. The van der Waals surface area contributed by atoms with Gasteiger partial charge < -0.3 is 14.5 Å². The van der Waals surface area contributed by atoms with Crippen molar-refractivity contribution in [1.82, 2.24) is 4.90 Å². The van der Waals surface area contributed by atoms with Crippen LogP contribution in [0.25, 0.3) is 0 Å². The third-order valence-electron chi connectivity index (χ3n) is 5.75. The van der Waals surface area contributed by atoms with E-state index in [-0.39, 0.29) is 17.9 Å². The monoisotopic (exact) mass is 396 g/mol. The van der Waals surface area contributed by atoms with Gasteiger partial charge in [-0.15, -0.1) is 0 Å². The van der Waals surface area contributed by atoms with Gasteiger partial charge in [-0.25, -0.2) is 0 Å². The molecule has 2 aromatic carbocycles. The van der Waals surface area contributed by atoms with Crippen LogP contribution >= 0.6 is 11.6 Å². The number of likely N-dealkylation sites (tertiary alicyclic amines) is 1. The number of amides is 2. The molecule has 2 aliphatic heterocycles. The highest BCUT2D eigenvalue weighted by molar-refractivity contribution is 6.30. The Labute approximate surface area is 168 Å². The van der Waals surface area contributed by atoms with Crippen LogP contribution in [-0.4, -0.2) is 41.9 Å². The first-order valence-corrected chi connectivity index (χ1v) is 10.1. The van der Waals surface area contributed by atoms with Crippen molar-refractivity contribution >= 4 is 29.1 Å². The van der Waals surface area contributed by atoms with E-state index in [1.165, 1.54) is 0 Å². The number of hydrogen-bond donors (Lipinski definition) is 0. The second-order valence-electron chi connectivity index (χ2n) is 7.82. The third-order valence-corrected chi connectivity index (χ3v) is 6.01. The van der Waals surface area contributed by atoms with Gasteiger partial charge in [-0.2, -0.15) is 0 Å². The van der Waals surface area contributed by atoms with Crippen molar-refractivity contribution in [2.75, 3.05) is 18.0 Å². The highest BCUT2D eigenvalue weighted by Gasteiger charge is 2.45. The van der Waals surface area contributed by atoms with Gasteiger partial charge in [0, 0.05) is 23.6 Å². The quantitative estimate of drug-likeness (QED) is 0.793. The van der Waals surface area contributed by atoms with Gasteiger partial charge in [-0.3, -0.25) is 9.59 Å². The molecule has 0 N–H and O–H groups in total. The lowest BCUT2D eigenvalue weighted by atomic mass is 10.1. The topological polar surface area (TPSA) is 49.9 Å². The molecule has 3 aliphatic rings. The number of halogens is 1. The van der Waals surface area contributed by atoms with Crippen molar-refractivity contribution in [2.45, 2.75) is 31.4 Å².